The largest absolute Gasteiger partial charge is 0.495 e. The zero-order valence-electron chi connectivity index (χ0n) is 18.0. The first-order chi connectivity index (χ1) is 14.1. The molecule has 1 rings (SSSR count). The number of nitrogens with zero attached hydrogens (tertiary/aromatic N) is 1. The molecule has 0 saturated heterocycles. The fraction of sp³-hybridized carbons (Fsp3) is 0.550. The summed E-state index contributed by atoms with van der Waals surface area (Å²) in [5, 5.41) is 14.5. The molecular weight excluding hydrogens is 412 g/mol. The van der Waals surface area contributed by atoms with Crippen LogP contribution in [0.25, 0.3) is 0 Å². The van der Waals surface area contributed by atoms with Gasteiger partial charge >= 0.3 is 6.03 Å². The van der Waals surface area contributed by atoms with Gasteiger partial charge in [0, 0.05) is 11.6 Å². The number of hydroxylamine groups is 1. The van der Waals surface area contributed by atoms with E-state index in [0.29, 0.717) is 35.3 Å². The predicted molar refractivity (Wildman–Crippen MR) is 115 cm³/mol. The summed E-state index contributed by atoms with van der Waals surface area (Å²) in [7, 11) is 1.46. The van der Waals surface area contributed by atoms with Gasteiger partial charge in [-0.25, -0.2) is 10.3 Å². The van der Waals surface area contributed by atoms with E-state index < -0.39 is 23.9 Å². The molecule has 30 heavy (non-hydrogen) atoms. The van der Waals surface area contributed by atoms with E-state index in [-0.39, 0.29) is 12.5 Å². The smallest absolute Gasteiger partial charge is 0.320 e. The molecule has 1 aromatic rings. The minimum Gasteiger partial charge on any atom is -0.495 e. The first kappa shape index (κ1) is 25.5. The third kappa shape index (κ3) is 8.08. The number of carbonyl (C=O) groups is 3. The molecule has 0 fully saturated rings. The number of benzene rings is 1. The summed E-state index contributed by atoms with van der Waals surface area (Å²) in [6.07, 6.45) is 0.668. The highest BCUT2D eigenvalue weighted by atomic mass is 35.5. The molecule has 0 spiro atoms. The maximum absolute atomic E-state index is 13.1. The summed E-state index contributed by atoms with van der Waals surface area (Å²) < 4.78 is 5.21. The highest BCUT2D eigenvalue weighted by Gasteiger charge is 2.30. The summed E-state index contributed by atoms with van der Waals surface area (Å²) >= 11 is 5.98. The van der Waals surface area contributed by atoms with Gasteiger partial charge in [0.05, 0.1) is 12.8 Å². The van der Waals surface area contributed by atoms with Crippen molar-refractivity contribution in [3.05, 3.63) is 23.2 Å². The van der Waals surface area contributed by atoms with Gasteiger partial charge in [-0.15, -0.1) is 0 Å². The number of rotatable bonds is 10. The molecule has 0 aliphatic rings. The molecule has 0 radical (unpaired) electrons. The van der Waals surface area contributed by atoms with Gasteiger partial charge in [0.25, 0.3) is 5.91 Å². The Kier molecular flexibility index (Phi) is 10.4. The minimum atomic E-state index is -0.881. The van der Waals surface area contributed by atoms with E-state index in [1.54, 1.807) is 26.0 Å². The molecule has 0 bridgehead atoms. The molecule has 0 heterocycles. The molecule has 10 heteroatoms. The van der Waals surface area contributed by atoms with Crippen molar-refractivity contribution in [3.8, 4) is 5.75 Å². The van der Waals surface area contributed by atoms with Gasteiger partial charge in [0.15, 0.2) is 0 Å². The molecule has 4 N–H and O–H groups in total. The van der Waals surface area contributed by atoms with Gasteiger partial charge in [0.2, 0.25) is 5.91 Å². The topological polar surface area (TPSA) is 120 Å². The highest BCUT2D eigenvalue weighted by Crippen LogP contribution is 2.27. The number of methoxy groups -OCH3 is 1. The van der Waals surface area contributed by atoms with Crippen LogP contribution in [0.4, 0.5) is 10.5 Å². The van der Waals surface area contributed by atoms with Crippen LogP contribution < -0.4 is 20.9 Å². The van der Waals surface area contributed by atoms with Crippen molar-refractivity contribution in [1.82, 2.24) is 15.7 Å². The Labute approximate surface area is 182 Å². The Balaban J connectivity index is 2.97. The van der Waals surface area contributed by atoms with Crippen LogP contribution in [-0.2, 0) is 9.59 Å². The van der Waals surface area contributed by atoms with E-state index in [1.165, 1.54) is 23.6 Å². The second-order valence-corrected chi connectivity index (χ2v) is 8.08. The van der Waals surface area contributed by atoms with Crippen molar-refractivity contribution in [2.45, 2.75) is 40.2 Å². The molecular formula is C20H31ClN4O5. The van der Waals surface area contributed by atoms with Gasteiger partial charge in [-0.1, -0.05) is 39.3 Å². The third-order valence-corrected chi connectivity index (χ3v) is 4.61. The fourth-order valence-corrected chi connectivity index (χ4v) is 2.85. The molecule has 0 saturated carbocycles. The van der Waals surface area contributed by atoms with E-state index in [1.807, 2.05) is 13.8 Å². The van der Waals surface area contributed by atoms with Crippen LogP contribution in [-0.4, -0.2) is 54.2 Å². The van der Waals surface area contributed by atoms with E-state index in [2.05, 4.69) is 10.6 Å². The summed E-state index contributed by atoms with van der Waals surface area (Å²) in [6.45, 7) is 7.58. The number of carbonyl (C=O) groups excluding carboxylic acids is 3. The molecule has 168 valence electrons. The van der Waals surface area contributed by atoms with Crippen molar-refractivity contribution >= 4 is 35.1 Å². The molecule has 1 aromatic carbocycles. The summed E-state index contributed by atoms with van der Waals surface area (Å²) in [4.78, 5) is 38.6. The Hall–Kier alpha value is -2.52. The van der Waals surface area contributed by atoms with Crippen molar-refractivity contribution in [2.24, 2.45) is 11.8 Å². The normalized spacial score (nSPS) is 11.8. The van der Waals surface area contributed by atoms with Crippen molar-refractivity contribution in [3.63, 3.8) is 0 Å². The van der Waals surface area contributed by atoms with Crippen LogP contribution in [0.5, 0.6) is 5.75 Å². The molecule has 0 aliphatic heterocycles. The van der Waals surface area contributed by atoms with Gasteiger partial charge in [-0.2, -0.15) is 0 Å². The zero-order valence-corrected chi connectivity index (χ0v) is 18.7. The Morgan fingerprint density at radius 3 is 2.40 bits per heavy atom. The fourth-order valence-electron chi connectivity index (χ4n) is 2.68. The van der Waals surface area contributed by atoms with Crippen molar-refractivity contribution in [2.75, 3.05) is 25.5 Å². The highest BCUT2D eigenvalue weighted by molar-refractivity contribution is 6.31. The average Bonchev–Trinajstić information content (AvgIpc) is 2.68. The number of nitrogens with one attached hydrogen (secondary N) is 3. The SMILES string of the molecule is COc1ccc(Cl)cc1NC(=O)NC(C(=O)N(CCC(C)C)CC(=O)NO)C(C)C. The first-order valence-corrected chi connectivity index (χ1v) is 10.1. The molecule has 4 amide bonds. The van der Waals surface area contributed by atoms with Crippen LogP contribution in [0.3, 0.4) is 0 Å². The monoisotopic (exact) mass is 442 g/mol. The molecule has 0 aromatic heterocycles. The third-order valence-electron chi connectivity index (χ3n) is 4.38. The summed E-state index contributed by atoms with van der Waals surface area (Å²) in [5.41, 5.74) is 1.89. The van der Waals surface area contributed by atoms with Crippen LogP contribution in [0.15, 0.2) is 18.2 Å². The number of anilines is 1. The standard InChI is InChI=1S/C20H31ClN4O5/c1-12(2)8-9-25(11-17(26)24-29)19(27)18(13(3)4)23-20(28)22-15-10-14(21)6-7-16(15)30-5/h6-7,10,12-13,18,29H,8-9,11H2,1-5H3,(H,24,26)(H2,22,23,28). The number of ether oxygens (including phenoxy) is 1. The van der Waals surface area contributed by atoms with Gasteiger partial charge in [-0.3, -0.25) is 14.8 Å². The molecule has 1 unspecified atom stereocenters. The quantitative estimate of drug-likeness (QED) is 0.328. The Morgan fingerprint density at radius 1 is 1.20 bits per heavy atom. The molecule has 0 aliphatic carbocycles. The minimum absolute atomic E-state index is 0.247. The van der Waals surface area contributed by atoms with E-state index in [0.717, 1.165) is 0 Å². The molecule has 9 nitrogen and oxygen atoms in total. The van der Waals surface area contributed by atoms with Gasteiger partial charge in [0.1, 0.15) is 18.3 Å². The number of hydrogen-bond acceptors (Lipinski definition) is 5. The lowest BCUT2D eigenvalue weighted by atomic mass is 10.0. The summed E-state index contributed by atoms with van der Waals surface area (Å²) in [6, 6.07) is 3.28. The Morgan fingerprint density at radius 2 is 1.87 bits per heavy atom. The van der Waals surface area contributed by atoms with E-state index in [4.69, 9.17) is 21.5 Å². The second kappa shape index (κ2) is 12.2. The van der Waals surface area contributed by atoms with E-state index in [9.17, 15) is 14.4 Å². The number of amides is 4. The van der Waals surface area contributed by atoms with Crippen LogP contribution in [0, 0.1) is 11.8 Å². The van der Waals surface area contributed by atoms with Crippen molar-refractivity contribution in [1.29, 1.82) is 0 Å². The number of hydrogen-bond donors (Lipinski definition) is 4. The van der Waals surface area contributed by atoms with Crippen LogP contribution in [0.1, 0.15) is 34.1 Å². The van der Waals surface area contributed by atoms with Gasteiger partial charge < -0.3 is 20.3 Å². The number of halogens is 1. The lowest BCUT2D eigenvalue weighted by Gasteiger charge is -2.30. The summed E-state index contributed by atoms with van der Waals surface area (Å²) in [5.74, 6) is -0.643. The van der Waals surface area contributed by atoms with Crippen molar-refractivity contribution < 1.29 is 24.3 Å². The van der Waals surface area contributed by atoms with Crippen LogP contribution >= 0.6 is 11.6 Å². The molecule has 1 atom stereocenters. The first-order valence-electron chi connectivity index (χ1n) is 9.71. The van der Waals surface area contributed by atoms with Crippen LogP contribution in [0.2, 0.25) is 5.02 Å². The predicted octanol–water partition coefficient (Wildman–Crippen LogP) is 2.87. The maximum atomic E-state index is 13.1. The maximum Gasteiger partial charge on any atom is 0.320 e. The lowest BCUT2D eigenvalue weighted by Crippen LogP contribution is -2.54. The second-order valence-electron chi connectivity index (χ2n) is 7.64. The Bertz CT molecular complexity index is 742. The lowest BCUT2D eigenvalue weighted by molar-refractivity contribution is -0.141. The zero-order chi connectivity index (χ0) is 22.8. The van der Waals surface area contributed by atoms with Gasteiger partial charge in [-0.05, 0) is 36.5 Å². The number of urea groups is 1. The average molecular weight is 443 g/mol. The van der Waals surface area contributed by atoms with E-state index >= 15 is 0 Å².